The maximum atomic E-state index is 13.9. The van der Waals surface area contributed by atoms with Gasteiger partial charge in [-0.1, -0.05) is 31.5 Å². The molecule has 0 saturated heterocycles. The van der Waals surface area contributed by atoms with Crippen molar-refractivity contribution in [3.8, 4) is 5.75 Å². The number of thioether (sulfide) groups is 1. The van der Waals surface area contributed by atoms with E-state index < -0.39 is 41.1 Å². The maximum absolute atomic E-state index is 13.9. The third kappa shape index (κ3) is 10.8. The van der Waals surface area contributed by atoms with Gasteiger partial charge in [-0.05, 0) is 72.5 Å². The summed E-state index contributed by atoms with van der Waals surface area (Å²) < 4.78 is 5.39. The number of amides is 3. The summed E-state index contributed by atoms with van der Waals surface area (Å²) in [6.07, 6.45) is 3.06. The van der Waals surface area contributed by atoms with Gasteiger partial charge >= 0.3 is 6.09 Å². The van der Waals surface area contributed by atoms with Gasteiger partial charge in [0, 0.05) is 17.6 Å². The van der Waals surface area contributed by atoms with Crippen LogP contribution in [0.15, 0.2) is 24.3 Å². The van der Waals surface area contributed by atoms with E-state index in [0.717, 1.165) is 6.42 Å². The molecule has 0 saturated carbocycles. The van der Waals surface area contributed by atoms with Crippen molar-refractivity contribution in [2.75, 3.05) is 18.6 Å². The van der Waals surface area contributed by atoms with Gasteiger partial charge in [-0.15, -0.1) is 0 Å². The van der Waals surface area contributed by atoms with Crippen LogP contribution in [0.1, 0.15) is 79.3 Å². The number of phenolic OH excluding ortho intramolecular Hbond substituents is 1. The number of ether oxygens (including phenoxy) is 1. The molecule has 1 aromatic carbocycles. The van der Waals surface area contributed by atoms with E-state index >= 15 is 0 Å². The average molecular weight is 510 g/mol. The molecule has 3 N–H and O–H groups in total. The van der Waals surface area contributed by atoms with Crippen LogP contribution in [0.3, 0.4) is 0 Å². The van der Waals surface area contributed by atoms with Gasteiger partial charge in [0.1, 0.15) is 23.4 Å². The third-order valence-electron chi connectivity index (χ3n) is 4.92. The molecule has 1 rings (SSSR count). The number of aromatic hydroxyl groups is 1. The van der Waals surface area contributed by atoms with Gasteiger partial charge in [0.2, 0.25) is 11.8 Å². The molecule has 0 aliphatic rings. The van der Waals surface area contributed by atoms with Crippen molar-refractivity contribution >= 4 is 29.7 Å². The number of carbonyl (C=O) groups is 3. The molecule has 0 aliphatic carbocycles. The number of hydrogen-bond acceptors (Lipinski definition) is 6. The molecule has 8 nitrogen and oxygen atoms in total. The summed E-state index contributed by atoms with van der Waals surface area (Å²) in [5, 5.41) is 16.3. The van der Waals surface area contributed by atoms with Gasteiger partial charge in [0.05, 0.1) is 0 Å². The van der Waals surface area contributed by atoms with Crippen LogP contribution in [-0.4, -0.2) is 63.6 Å². The highest BCUT2D eigenvalue weighted by Crippen LogP contribution is 2.31. The van der Waals surface area contributed by atoms with Crippen LogP contribution in [0.4, 0.5) is 4.79 Å². The second-order valence-corrected chi connectivity index (χ2v) is 11.6. The zero-order valence-corrected chi connectivity index (χ0v) is 23.3. The van der Waals surface area contributed by atoms with Gasteiger partial charge in [0.15, 0.2) is 0 Å². The number of benzene rings is 1. The van der Waals surface area contributed by atoms with E-state index in [-0.39, 0.29) is 12.3 Å². The number of unbranched alkanes of at least 4 members (excludes halogenated alkanes) is 1. The first-order valence-corrected chi connectivity index (χ1v) is 13.5. The Morgan fingerprint density at radius 3 is 2.26 bits per heavy atom. The molecule has 35 heavy (non-hydrogen) atoms. The van der Waals surface area contributed by atoms with Crippen molar-refractivity contribution in [2.45, 2.75) is 91.0 Å². The Morgan fingerprint density at radius 1 is 1.11 bits per heavy atom. The number of carbonyl (C=O) groups excluding carboxylic acids is 3. The Labute approximate surface area is 214 Å². The average Bonchev–Trinajstić information content (AvgIpc) is 2.71. The number of hydrogen-bond donors (Lipinski definition) is 3. The maximum Gasteiger partial charge on any atom is 0.408 e. The molecule has 0 aromatic heterocycles. The Balaban J connectivity index is 3.48. The Hall–Kier alpha value is -2.42. The Kier molecular flexibility index (Phi) is 11.9. The first-order chi connectivity index (χ1) is 16.2. The summed E-state index contributed by atoms with van der Waals surface area (Å²) in [7, 11) is 0. The monoisotopic (exact) mass is 509 g/mol. The highest BCUT2D eigenvalue weighted by Gasteiger charge is 2.38. The predicted molar refractivity (Wildman–Crippen MR) is 142 cm³/mol. The SMILES string of the molecule is CCCCN(C(=O)C(CCSC)NC(=O)OC(C)(C)C)C(C(=O)NC(C)(C)C)c1ccccc1O. The zero-order valence-electron chi connectivity index (χ0n) is 22.4. The topological polar surface area (TPSA) is 108 Å². The lowest BCUT2D eigenvalue weighted by Gasteiger charge is -2.36. The number of alkyl carbamates (subject to hydrolysis) is 1. The molecule has 0 bridgehead atoms. The van der Waals surface area contributed by atoms with E-state index in [9.17, 15) is 19.5 Å². The van der Waals surface area contributed by atoms with Crippen LogP contribution in [0.2, 0.25) is 0 Å². The number of nitrogens with zero attached hydrogens (tertiary/aromatic N) is 1. The number of para-hydroxylation sites is 1. The lowest BCUT2D eigenvalue weighted by molar-refractivity contribution is -0.143. The van der Waals surface area contributed by atoms with Crippen LogP contribution in [0.25, 0.3) is 0 Å². The summed E-state index contributed by atoms with van der Waals surface area (Å²) >= 11 is 1.56. The molecule has 0 aliphatic heterocycles. The second kappa shape index (κ2) is 13.6. The van der Waals surface area contributed by atoms with Crippen LogP contribution in [0.5, 0.6) is 5.75 Å². The van der Waals surface area contributed by atoms with Gasteiger partial charge < -0.3 is 25.4 Å². The molecule has 0 heterocycles. The van der Waals surface area contributed by atoms with E-state index in [4.69, 9.17) is 4.74 Å². The highest BCUT2D eigenvalue weighted by molar-refractivity contribution is 7.98. The minimum atomic E-state index is -1.06. The van der Waals surface area contributed by atoms with Gasteiger partial charge in [-0.2, -0.15) is 11.8 Å². The number of rotatable bonds is 11. The van der Waals surface area contributed by atoms with Crippen LogP contribution in [0, 0.1) is 0 Å². The standard InChI is InChI=1S/C26H43N3O5S/c1-9-10-16-29(23(32)19(15-17-35-8)27-24(33)34-26(5,6)7)21(22(31)28-25(2,3)4)18-13-11-12-14-20(18)30/h11-14,19,21,30H,9-10,15-17H2,1-8H3,(H,27,33)(H,28,31). The van der Waals surface area contributed by atoms with E-state index in [2.05, 4.69) is 10.6 Å². The zero-order chi connectivity index (χ0) is 26.8. The summed E-state index contributed by atoms with van der Waals surface area (Å²) in [6, 6.07) is 4.59. The van der Waals surface area contributed by atoms with Crippen molar-refractivity contribution in [3.05, 3.63) is 29.8 Å². The molecule has 1 aromatic rings. The fourth-order valence-corrected chi connectivity index (χ4v) is 3.92. The Morgan fingerprint density at radius 2 is 1.74 bits per heavy atom. The predicted octanol–water partition coefficient (Wildman–Crippen LogP) is 4.62. The lowest BCUT2D eigenvalue weighted by atomic mass is 9.99. The van der Waals surface area contributed by atoms with Crippen molar-refractivity contribution in [1.29, 1.82) is 0 Å². The quantitative estimate of drug-likeness (QED) is 0.402. The van der Waals surface area contributed by atoms with Crippen molar-refractivity contribution < 1.29 is 24.2 Å². The number of nitrogens with one attached hydrogen (secondary N) is 2. The Bertz CT molecular complexity index is 848. The summed E-state index contributed by atoms with van der Waals surface area (Å²) in [5.41, 5.74) is -0.935. The normalized spacial score (nSPS) is 13.5. The molecule has 3 amide bonds. The van der Waals surface area contributed by atoms with Gasteiger partial charge in [-0.3, -0.25) is 9.59 Å². The van der Waals surface area contributed by atoms with Crippen molar-refractivity contribution in [3.63, 3.8) is 0 Å². The molecule has 0 spiro atoms. The van der Waals surface area contributed by atoms with E-state index in [0.29, 0.717) is 24.2 Å². The lowest BCUT2D eigenvalue weighted by Crippen LogP contribution is -2.55. The van der Waals surface area contributed by atoms with E-state index in [1.54, 1.807) is 50.7 Å². The summed E-state index contributed by atoms with van der Waals surface area (Å²) in [5.74, 6) is -0.236. The van der Waals surface area contributed by atoms with E-state index in [1.807, 2.05) is 34.0 Å². The largest absolute Gasteiger partial charge is 0.508 e. The number of phenols is 1. The van der Waals surface area contributed by atoms with Crippen LogP contribution >= 0.6 is 11.8 Å². The third-order valence-corrected chi connectivity index (χ3v) is 5.57. The van der Waals surface area contributed by atoms with Crippen LogP contribution in [-0.2, 0) is 14.3 Å². The smallest absolute Gasteiger partial charge is 0.408 e. The second-order valence-electron chi connectivity index (χ2n) is 10.6. The van der Waals surface area contributed by atoms with Gasteiger partial charge in [0.25, 0.3) is 0 Å². The fraction of sp³-hybridized carbons (Fsp3) is 0.654. The molecule has 2 unspecified atom stereocenters. The minimum absolute atomic E-state index is 0.0726. The molecule has 0 fully saturated rings. The molecule has 9 heteroatoms. The summed E-state index contributed by atoms with van der Waals surface area (Å²) in [6.45, 7) is 13.1. The van der Waals surface area contributed by atoms with Crippen LogP contribution < -0.4 is 10.6 Å². The molecule has 0 radical (unpaired) electrons. The van der Waals surface area contributed by atoms with Crippen molar-refractivity contribution in [1.82, 2.24) is 15.5 Å². The van der Waals surface area contributed by atoms with Gasteiger partial charge in [-0.25, -0.2) is 4.79 Å². The van der Waals surface area contributed by atoms with Crippen molar-refractivity contribution in [2.24, 2.45) is 0 Å². The minimum Gasteiger partial charge on any atom is -0.508 e. The van der Waals surface area contributed by atoms with E-state index in [1.165, 1.54) is 11.0 Å². The molecule has 198 valence electrons. The first kappa shape index (κ1) is 30.6. The molecular weight excluding hydrogens is 466 g/mol. The summed E-state index contributed by atoms with van der Waals surface area (Å²) in [4.78, 5) is 41.5. The fourth-order valence-electron chi connectivity index (χ4n) is 3.45. The first-order valence-electron chi connectivity index (χ1n) is 12.1. The molecule has 2 atom stereocenters. The molecular formula is C26H43N3O5S. The highest BCUT2D eigenvalue weighted by atomic mass is 32.2.